The minimum Gasteiger partial charge on any atom is -0.480 e. The highest BCUT2D eigenvalue weighted by molar-refractivity contribution is 7.78. The molecule has 0 heterocycles. The Labute approximate surface area is 80.9 Å². The molecule has 0 aromatic heterocycles. The molecule has 0 aliphatic heterocycles. The van der Waals surface area contributed by atoms with Crippen LogP contribution in [0.1, 0.15) is 13.3 Å². The number of hydrogen-bond donors (Lipinski definition) is 2. The van der Waals surface area contributed by atoms with E-state index in [0.29, 0.717) is 0 Å². The lowest BCUT2D eigenvalue weighted by molar-refractivity contribution is -0.141. The summed E-state index contributed by atoms with van der Waals surface area (Å²) in [6.07, 6.45) is 0.241. The second-order valence-corrected chi connectivity index (χ2v) is 2.43. The van der Waals surface area contributed by atoms with Gasteiger partial charge in [0.1, 0.15) is 6.04 Å². The van der Waals surface area contributed by atoms with Crippen LogP contribution in [0.2, 0.25) is 0 Å². The summed E-state index contributed by atoms with van der Waals surface area (Å²) in [6.45, 7) is 1.56. The zero-order valence-electron chi connectivity index (χ0n) is 7.11. The molecule has 0 fully saturated rings. The summed E-state index contributed by atoms with van der Waals surface area (Å²) in [5, 5.41) is 12.9. The average Bonchev–Trinajstić information content (AvgIpc) is 2.11. The maximum atomic E-state index is 10.8. The maximum absolute atomic E-state index is 10.8. The Kier molecular flexibility index (Phi) is 5.67. The Hall–Kier alpha value is -1.26. The van der Waals surface area contributed by atoms with Crippen LogP contribution < -0.4 is 5.32 Å². The molecule has 0 saturated carbocycles. The number of thiocarbonyl (C=S) groups is 1. The minimum absolute atomic E-state index is 0.0788. The van der Waals surface area contributed by atoms with Crippen molar-refractivity contribution in [3.63, 3.8) is 0 Å². The van der Waals surface area contributed by atoms with E-state index < -0.39 is 12.0 Å². The quantitative estimate of drug-likeness (QED) is 0.488. The Bertz CT molecular complexity index is 248. The number of aliphatic carboxylic acids is 1. The first-order valence-electron chi connectivity index (χ1n) is 3.67. The summed E-state index contributed by atoms with van der Waals surface area (Å²) in [5.74, 6) is -1.46. The number of rotatable bonds is 5. The molecule has 0 saturated heterocycles. The van der Waals surface area contributed by atoms with Crippen LogP contribution in [-0.4, -0.2) is 34.7 Å². The Balaban J connectivity index is 4.17. The number of carbonyl (C=O) groups excluding carboxylic acids is 1. The molecule has 13 heavy (non-hydrogen) atoms. The number of nitrogens with zero attached hydrogens (tertiary/aromatic N) is 1. The predicted octanol–water partition coefficient (Wildman–Crippen LogP) is 0.0686. The molecule has 0 aromatic rings. The summed E-state index contributed by atoms with van der Waals surface area (Å²) in [5.41, 5.74) is 0. The fourth-order valence-electron chi connectivity index (χ4n) is 0.610. The summed E-state index contributed by atoms with van der Waals surface area (Å²) in [7, 11) is 0. The molecule has 1 atom stereocenters. The van der Waals surface area contributed by atoms with Gasteiger partial charge in [0.05, 0.1) is 11.7 Å². The number of carboxylic acids is 1. The zero-order chi connectivity index (χ0) is 10.3. The number of carbonyl (C=O) groups is 2. The largest absolute Gasteiger partial charge is 0.480 e. The summed E-state index contributed by atoms with van der Waals surface area (Å²) < 4.78 is 0. The van der Waals surface area contributed by atoms with E-state index in [1.54, 1.807) is 6.92 Å². The van der Waals surface area contributed by atoms with E-state index in [0.717, 1.165) is 0 Å². The molecule has 0 radical (unpaired) electrons. The monoisotopic (exact) mass is 202 g/mol. The van der Waals surface area contributed by atoms with E-state index in [1.165, 1.54) is 0 Å². The summed E-state index contributed by atoms with van der Waals surface area (Å²) in [6, 6.07) is -1.01. The van der Waals surface area contributed by atoms with Gasteiger partial charge in [-0.2, -0.15) is 0 Å². The van der Waals surface area contributed by atoms with Gasteiger partial charge in [0.15, 0.2) is 0 Å². The molecule has 0 bridgehead atoms. The van der Waals surface area contributed by atoms with Gasteiger partial charge >= 0.3 is 5.97 Å². The van der Waals surface area contributed by atoms with Gasteiger partial charge in [0, 0.05) is 6.42 Å². The zero-order valence-corrected chi connectivity index (χ0v) is 7.93. The van der Waals surface area contributed by atoms with Gasteiger partial charge in [0.2, 0.25) is 5.91 Å². The highest BCUT2D eigenvalue weighted by atomic mass is 32.1. The third-order valence-electron chi connectivity index (χ3n) is 1.29. The van der Waals surface area contributed by atoms with Gasteiger partial charge in [-0.05, 0) is 12.2 Å². The van der Waals surface area contributed by atoms with E-state index in [1.807, 2.05) is 5.16 Å². The van der Waals surface area contributed by atoms with Gasteiger partial charge < -0.3 is 10.4 Å². The Morgan fingerprint density at radius 1 is 1.69 bits per heavy atom. The molecule has 0 spiro atoms. The van der Waals surface area contributed by atoms with Crippen molar-refractivity contribution in [3.05, 3.63) is 0 Å². The summed E-state index contributed by atoms with van der Waals surface area (Å²) in [4.78, 5) is 24.8. The van der Waals surface area contributed by atoms with Crippen LogP contribution in [0, 0.1) is 0 Å². The number of nitrogens with one attached hydrogen (secondary N) is 1. The SMILES string of the molecule is CCC(=O)NC(CN=C=S)C(=O)O. The van der Waals surface area contributed by atoms with E-state index in [2.05, 4.69) is 22.5 Å². The van der Waals surface area contributed by atoms with Gasteiger partial charge in [-0.3, -0.25) is 4.79 Å². The molecule has 2 N–H and O–H groups in total. The van der Waals surface area contributed by atoms with E-state index in [4.69, 9.17) is 5.11 Å². The van der Waals surface area contributed by atoms with Crippen LogP contribution in [0.25, 0.3) is 0 Å². The van der Waals surface area contributed by atoms with Crippen molar-refractivity contribution in [1.82, 2.24) is 5.32 Å². The van der Waals surface area contributed by atoms with Crippen LogP contribution in [0.3, 0.4) is 0 Å². The van der Waals surface area contributed by atoms with Crippen LogP contribution in [-0.2, 0) is 9.59 Å². The van der Waals surface area contributed by atoms with Gasteiger partial charge in [0.25, 0.3) is 0 Å². The minimum atomic E-state index is -1.13. The standard InChI is InChI=1S/C7H10N2O3S/c1-2-6(10)9-5(7(11)12)3-8-4-13/h5H,2-3H2,1H3,(H,9,10)(H,11,12). The lowest BCUT2D eigenvalue weighted by Crippen LogP contribution is -2.42. The molecule has 1 unspecified atom stereocenters. The van der Waals surface area contributed by atoms with Crippen LogP contribution in [0.4, 0.5) is 0 Å². The third kappa shape index (κ3) is 5.05. The van der Waals surface area contributed by atoms with Gasteiger partial charge in [-0.1, -0.05) is 6.92 Å². The maximum Gasteiger partial charge on any atom is 0.328 e. The molecule has 72 valence electrons. The number of aliphatic imine (C=N–C) groups is 1. The lowest BCUT2D eigenvalue weighted by atomic mass is 10.3. The molecule has 5 nitrogen and oxygen atoms in total. The smallest absolute Gasteiger partial charge is 0.328 e. The van der Waals surface area contributed by atoms with Crippen molar-refractivity contribution in [2.24, 2.45) is 4.99 Å². The molecule has 6 heteroatoms. The van der Waals surface area contributed by atoms with Crippen LogP contribution in [0.15, 0.2) is 4.99 Å². The normalized spacial score (nSPS) is 11.2. The van der Waals surface area contributed by atoms with Gasteiger partial charge in [-0.25, -0.2) is 9.79 Å². The fraction of sp³-hybridized carbons (Fsp3) is 0.571. The van der Waals surface area contributed by atoms with Crippen molar-refractivity contribution >= 4 is 29.3 Å². The molecule has 1 amide bonds. The van der Waals surface area contributed by atoms with Gasteiger partial charge in [-0.15, -0.1) is 0 Å². The van der Waals surface area contributed by atoms with Crippen molar-refractivity contribution in [3.8, 4) is 0 Å². The second-order valence-electron chi connectivity index (χ2n) is 2.24. The second kappa shape index (κ2) is 6.28. The first-order valence-corrected chi connectivity index (χ1v) is 4.08. The van der Waals surface area contributed by atoms with Crippen LogP contribution >= 0.6 is 12.2 Å². The predicted molar refractivity (Wildman–Crippen MR) is 49.8 cm³/mol. The molecule has 0 aliphatic rings. The van der Waals surface area contributed by atoms with E-state index in [9.17, 15) is 9.59 Å². The average molecular weight is 202 g/mol. The van der Waals surface area contributed by atoms with Crippen molar-refractivity contribution < 1.29 is 14.7 Å². The Morgan fingerprint density at radius 2 is 2.31 bits per heavy atom. The number of hydrogen-bond acceptors (Lipinski definition) is 4. The fourth-order valence-corrected chi connectivity index (χ4v) is 0.685. The number of carboxylic acid groups (broad SMARTS) is 1. The van der Waals surface area contributed by atoms with Crippen LogP contribution in [0.5, 0.6) is 0 Å². The van der Waals surface area contributed by atoms with Crippen molar-refractivity contribution in [2.75, 3.05) is 6.54 Å². The number of amides is 1. The third-order valence-corrected chi connectivity index (χ3v) is 1.42. The first kappa shape index (κ1) is 11.7. The molecule has 0 rings (SSSR count). The molecular formula is C7H10N2O3S. The van der Waals surface area contributed by atoms with E-state index >= 15 is 0 Å². The highest BCUT2D eigenvalue weighted by Crippen LogP contribution is 1.87. The number of isothiocyanates is 1. The lowest BCUT2D eigenvalue weighted by Gasteiger charge is -2.10. The highest BCUT2D eigenvalue weighted by Gasteiger charge is 2.17. The molecular weight excluding hydrogens is 192 g/mol. The van der Waals surface area contributed by atoms with E-state index in [-0.39, 0.29) is 18.9 Å². The topological polar surface area (TPSA) is 78.8 Å². The summed E-state index contributed by atoms with van der Waals surface area (Å²) >= 11 is 4.28. The van der Waals surface area contributed by atoms with Crippen molar-refractivity contribution in [2.45, 2.75) is 19.4 Å². The van der Waals surface area contributed by atoms with Crippen molar-refractivity contribution in [1.29, 1.82) is 0 Å². The molecule has 0 aromatic carbocycles. The first-order chi connectivity index (χ1) is 6.11. The molecule has 0 aliphatic carbocycles. The Morgan fingerprint density at radius 3 is 2.69 bits per heavy atom.